The molecule has 1 N–H and O–H groups in total. The van der Waals surface area contributed by atoms with Crippen LogP contribution in [0.1, 0.15) is 29.9 Å². The van der Waals surface area contributed by atoms with Crippen LogP contribution in [0.15, 0.2) is 55.0 Å². The zero-order valence-corrected chi connectivity index (χ0v) is 18.0. The third-order valence-electron chi connectivity index (χ3n) is 6.44. The van der Waals surface area contributed by atoms with Crippen molar-refractivity contribution in [2.45, 2.75) is 25.7 Å². The fraction of sp³-hybridized carbons (Fsp3) is 0.400. The van der Waals surface area contributed by atoms with E-state index in [1.54, 1.807) is 0 Å². The first kappa shape index (κ1) is 19.9. The molecular weight excluding hydrogens is 386 g/mol. The normalized spacial score (nSPS) is 17.4. The number of pyridine rings is 1. The summed E-state index contributed by atoms with van der Waals surface area (Å²) in [7, 11) is 0. The first-order chi connectivity index (χ1) is 15.3. The molecule has 3 aromatic rings. The van der Waals surface area contributed by atoms with Crippen molar-refractivity contribution >= 4 is 11.5 Å². The van der Waals surface area contributed by atoms with Crippen LogP contribution < -0.4 is 10.2 Å². The van der Waals surface area contributed by atoms with Crippen molar-refractivity contribution in [2.24, 2.45) is 5.92 Å². The number of ether oxygens (including phenoxy) is 1. The molecule has 0 atom stereocenters. The Kier molecular flexibility index (Phi) is 5.80. The predicted molar refractivity (Wildman–Crippen MR) is 123 cm³/mol. The molecule has 2 saturated heterocycles. The third-order valence-corrected chi connectivity index (χ3v) is 6.44. The molecule has 0 unspecified atom stereocenters. The van der Waals surface area contributed by atoms with Gasteiger partial charge < -0.3 is 15.0 Å². The zero-order valence-electron chi connectivity index (χ0n) is 18.0. The first-order valence-electron chi connectivity index (χ1n) is 11.2. The highest BCUT2D eigenvalue weighted by atomic mass is 16.5. The second-order valence-corrected chi connectivity index (χ2v) is 8.57. The molecule has 0 bridgehead atoms. The molecule has 160 valence electrons. The highest BCUT2D eigenvalue weighted by Crippen LogP contribution is 2.32. The van der Waals surface area contributed by atoms with Gasteiger partial charge in [0.2, 0.25) is 0 Å². The summed E-state index contributed by atoms with van der Waals surface area (Å²) in [6.45, 7) is 6.72. The minimum atomic E-state index is 0.447. The number of aryl methyl sites for hydroxylation is 1. The summed E-state index contributed by atoms with van der Waals surface area (Å²) >= 11 is 0. The highest BCUT2D eigenvalue weighted by Gasteiger charge is 2.24. The van der Waals surface area contributed by atoms with Crippen LogP contribution in [0.3, 0.4) is 0 Å². The number of anilines is 2. The number of piperidine rings is 1. The van der Waals surface area contributed by atoms with Gasteiger partial charge in [0.1, 0.15) is 5.82 Å². The molecule has 6 nitrogen and oxygen atoms in total. The van der Waals surface area contributed by atoms with Crippen molar-refractivity contribution in [3.05, 3.63) is 66.1 Å². The lowest BCUT2D eigenvalue weighted by molar-refractivity contribution is 0.00862. The van der Waals surface area contributed by atoms with Gasteiger partial charge in [-0.25, -0.2) is 9.97 Å². The number of benzene rings is 1. The lowest BCUT2D eigenvalue weighted by Crippen LogP contribution is -2.36. The molecule has 4 heterocycles. The van der Waals surface area contributed by atoms with Crippen LogP contribution in [0.4, 0.5) is 11.5 Å². The van der Waals surface area contributed by atoms with Crippen molar-refractivity contribution in [1.82, 2.24) is 15.0 Å². The largest absolute Gasteiger partial charge is 0.380 e. The van der Waals surface area contributed by atoms with Crippen molar-refractivity contribution in [3.63, 3.8) is 0 Å². The fourth-order valence-electron chi connectivity index (χ4n) is 4.40. The van der Waals surface area contributed by atoms with Crippen LogP contribution in [0, 0.1) is 12.8 Å². The molecule has 2 aromatic heterocycles. The molecule has 1 aromatic carbocycles. The Hall–Kier alpha value is -2.99. The van der Waals surface area contributed by atoms with Gasteiger partial charge in [-0.1, -0.05) is 24.3 Å². The Morgan fingerprint density at radius 2 is 1.90 bits per heavy atom. The molecule has 0 amide bonds. The Morgan fingerprint density at radius 3 is 2.65 bits per heavy atom. The lowest BCUT2D eigenvalue weighted by atomic mass is 9.92. The number of nitrogens with zero attached hydrogens (tertiary/aromatic N) is 4. The molecule has 2 fully saturated rings. The molecule has 0 saturated carbocycles. The summed E-state index contributed by atoms with van der Waals surface area (Å²) in [5.74, 6) is 2.83. The molecule has 2 aliphatic rings. The average Bonchev–Trinajstić information content (AvgIpc) is 2.79. The fourth-order valence-corrected chi connectivity index (χ4v) is 4.40. The summed E-state index contributed by atoms with van der Waals surface area (Å²) in [4.78, 5) is 16.2. The Labute approximate surface area is 183 Å². The summed E-state index contributed by atoms with van der Waals surface area (Å²) in [5, 5.41) is 3.62. The van der Waals surface area contributed by atoms with E-state index >= 15 is 0 Å². The predicted octanol–water partition coefficient (Wildman–Crippen LogP) is 4.29. The zero-order chi connectivity index (χ0) is 21.0. The summed E-state index contributed by atoms with van der Waals surface area (Å²) in [6, 6.07) is 12.6. The van der Waals surface area contributed by atoms with Crippen molar-refractivity contribution < 1.29 is 4.74 Å². The Balaban J connectivity index is 1.24. The highest BCUT2D eigenvalue weighted by molar-refractivity contribution is 5.63. The monoisotopic (exact) mass is 415 g/mol. The molecular formula is C25H29N5O. The topological polar surface area (TPSA) is 63.2 Å². The Bertz CT molecular complexity index is 1010. The molecule has 2 aliphatic heterocycles. The smallest absolute Gasteiger partial charge is 0.161 e. The van der Waals surface area contributed by atoms with Crippen LogP contribution in [-0.2, 0) is 4.74 Å². The van der Waals surface area contributed by atoms with Gasteiger partial charge in [-0.15, -0.1) is 0 Å². The summed E-state index contributed by atoms with van der Waals surface area (Å²) in [6.07, 6.45) is 8.06. The molecule has 6 heteroatoms. The molecule has 31 heavy (non-hydrogen) atoms. The maximum atomic E-state index is 5.40. The van der Waals surface area contributed by atoms with E-state index in [0.717, 1.165) is 55.6 Å². The van der Waals surface area contributed by atoms with E-state index in [-0.39, 0.29) is 0 Å². The SMILES string of the molecule is Cc1cnc(-c2ccccc2C2COC2)nc1NCC1CCN(c2cccnc2)CC1. The van der Waals surface area contributed by atoms with E-state index in [1.165, 1.54) is 24.1 Å². The van der Waals surface area contributed by atoms with Crippen LogP contribution in [0.2, 0.25) is 0 Å². The van der Waals surface area contributed by atoms with E-state index in [1.807, 2.05) is 24.7 Å². The number of rotatable bonds is 6. The van der Waals surface area contributed by atoms with E-state index < -0.39 is 0 Å². The number of hydrogen-bond acceptors (Lipinski definition) is 6. The molecule has 0 radical (unpaired) electrons. The maximum Gasteiger partial charge on any atom is 0.161 e. The van der Waals surface area contributed by atoms with Crippen molar-refractivity contribution in [2.75, 3.05) is 43.1 Å². The van der Waals surface area contributed by atoms with E-state index in [2.05, 4.69) is 57.4 Å². The maximum absolute atomic E-state index is 5.40. The van der Waals surface area contributed by atoms with Crippen LogP contribution in [0.25, 0.3) is 11.4 Å². The lowest BCUT2D eigenvalue weighted by Gasteiger charge is -2.33. The quantitative estimate of drug-likeness (QED) is 0.648. The second kappa shape index (κ2) is 9.02. The van der Waals surface area contributed by atoms with E-state index in [9.17, 15) is 0 Å². The van der Waals surface area contributed by atoms with Gasteiger partial charge in [0, 0.05) is 49.1 Å². The van der Waals surface area contributed by atoms with Gasteiger partial charge in [-0.3, -0.25) is 4.98 Å². The van der Waals surface area contributed by atoms with Crippen molar-refractivity contribution in [3.8, 4) is 11.4 Å². The minimum absolute atomic E-state index is 0.447. The van der Waals surface area contributed by atoms with E-state index in [4.69, 9.17) is 9.72 Å². The first-order valence-corrected chi connectivity index (χ1v) is 11.2. The average molecular weight is 416 g/mol. The van der Waals surface area contributed by atoms with Crippen LogP contribution in [0.5, 0.6) is 0 Å². The summed E-state index contributed by atoms with van der Waals surface area (Å²) < 4.78 is 5.40. The standard InChI is InChI=1S/C25H29N5O/c1-18-13-27-25(23-7-3-2-6-22(23)20-16-31-17-20)29-24(18)28-14-19-8-11-30(12-9-19)21-5-4-10-26-15-21/h2-7,10,13,15,19-20H,8-9,11-12,14,16-17H2,1H3,(H,27,28,29). The van der Waals surface area contributed by atoms with E-state index in [0.29, 0.717) is 11.8 Å². The number of nitrogens with one attached hydrogen (secondary N) is 1. The van der Waals surface area contributed by atoms with Gasteiger partial charge >= 0.3 is 0 Å². The van der Waals surface area contributed by atoms with Crippen molar-refractivity contribution in [1.29, 1.82) is 0 Å². The minimum Gasteiger partial charge on any atom is -0.380 e. The second-order valence-electron chi connectivity index (χ2n) is 8.57. The van der Waals surface area contributed by atoms with Crippen LogP contribution in [-0.4, -0.2) is 47.8 Å². The molecule has 5 rings (SSSR count). The van der Waals surface area contributed by atoms with Gasteiger partial charge in [0.05, 0.1) is 25.1 Å². The van der Waals surface area contributed by atoms with Gasteiger partial charge in [-0.2, -0.15) is 0 Å². The van der Waals surface area contributed by atoms with Gasteiger partial charge in [-0.05, 0) is 43.4 Å². The van der Waals surface area contributed by atoms with Gasteiger partial charge in [0.15, 0.2) is 5.82 Å². The van der Waals surface area contributed by atoms with Crippen LogP contribution >= 0.6 is 0 Å². The summed E-state index contributed by atoms with van der Waals surface area (Å²) in [5.41, 5.74) is 4.71. The third kappa shape index (κ3) is 4.39. The number of hydrogen-bond donors (Lipinski definition) is 1. The number of aromatic nitrogens is 3. The molecule has 0 spiro atoms. The Morgan fingerprint density at radius 1 is 1.06 bits per heavy atom. The molecule has 0 aliphatic carbocycles. The van der Waals surface area contributed by atoms with Gasteiger partial charge in [0.25, 0.3) is 0 Å².